The Hall–Kier alpha value is -0.970. The summed E-state index contributed by atoms with van der Waals surface area (Å²) in [6.45, 7) is 7.86. The molecule has 3 rings (SSSR count). The molecular formula is C20H32FIN4O2. The summed E-state index contributed by atoms with van der Waals surface area (Å²) < 4.78 is 24.3. The Morgan fingerprint density at radius 2 is 2.11 bits per heavy atom. The average molecular weight is 506 g/mol. The summed E-state index contributed by atoms with van der Waals surface area (Å²) in [6, 6.07) is 5.16. The molecule has 158 valence electrons. The van der Waals surface area contributed by atoms with Gasteiger partial charge in [-0.2, -0.15) is 0 Å². The second kappa shape index (κ2) is 11.9. The van der Waals surface area contributed by atoms with Crippen molar-refractivity contribution < 1.29 is 13.9 Å². The number of ether oxygens (including phenoxy) is 2. The van der Waals surface area contributed by atoms with Crippen molar-refractivity contribution in [3.05, 3.63) is 35.1 Å². The highest BCUT2D eigenvalue weighted by Gasteiger charge is 2.27. The SMILES string of the molecule is CN=C(NCc1ccc(F)c(COC)c1)N1CCC(CN2CCOCC2)C1.I. The van der Waals surface area contributed by atoms with E-state index in [2.05, 4.69) is 20.1 Å². The molecule has 6 nitrogen and oxygen atoms in total. The van der Waals surface area contributed by atoms with Gasteiger partial charge in [0.1, 0.15) is 5.82 Å². The zero-order valence-electron chi connectivity index (χ0n) is 16.8. The predicted octanol–water partition coefficient (Wildman–Crippen LogP) is 2.32. The van der Waals surface area contributed by atoms with Crippen molar-refractivity contribution in [1.29, 1.82) is 0 Å². The molecule has 8 heteroatoms. The van der Waals surface area contributed by atoms with E-state index < -0.39 is 0 Å². The number of aliphatic imine (C=N–C) groups is 1. The molecule has 1 aromatic carbocycles. The summed E-state index contributed by atoms with van der Waals surface area (Å²) in [5.41, 5.74) is 1.60. The summed E-state index contributed by atoms with van der Waals surface area (Å²) in [5, 5.41) is 3.42. The largest absolute Gasteiger partial charge is 0.380 e. The molecular weight excluding hydrogens is 474 g/mol. The minimum atomic E-state index is -0.226. The van der Waals surface area contributed by atoms with Gasteiger partial charge in [-0.15, -0.1) is 24.0 Å². The molecule has 2 saturated heterocycles. The third-order valence-corrected chi connectivity index (χ3v) is 5.28. The number of halogens is 2. The van der Waals surface area contributed by atoms with Crippen molar-refractivity contribution in [2.75, 3.05) is 60.1 Å². The van der Waals surface area contributed by atoms with Crippen LogP contribution in [0.15, 0.2) is 23.2 Å². The van der Waals surface area contributed by atoms with Gasteiger partial charge in [-0.3, -0.25) is 9.89 Å². The molecule has 1 N–H and O–H groups in total. The molecule has 0 aliphatic carbocycles. The molecule has 1 atom stereocenters. The van der Waals surface area contributed by atoms with Crippen LogP contribution in [0, 0.1) is 11.7 Å². The predicted molar refractivity (Wildman–Crippen MR) is 120 cm³/mol. The topological polar surface area (TPSA) is 49.3 Å². The van der Waals surface area contributed by atoms with E-state index in [1.807, 2.05) is 13.1 Å². The van der Waals surface area contributed by atoms with E-state index in [4.69, 9.17) is 9.47 Å². The van der Waals surface area contributed by atoms with Crippen molar-refractivity contribution in [2.24, 2.45) is 10.9 Å². The summed E-state index contributed by atoms with van der Waals surface area (Å²) in [5.74, 6) is 1.35. The quantitative estimate of drug-likeness (QED) is 0.365. The lowest BCUT2D eigenvalue weighted by atomic mass is 10.1. The molecule has 1 unspecified atom stereocenters. The van der Waals surface area contributed by atoms with Crippen LogP contribution < -0.4 is 5.32 Å². The Morgan fingerprint density at radius 1 is 1.32 bits per heavy atom. The molecule has 0 amide bonds. The Bertz CT molecular complexity index is 641. The minimum absolute atomic E-state index is 0. The van der Waals surface area contributed by atoms with Crippen molar-refractivity contribution in [3.8, 4) is 0 Å². The van der Waals surface area contributed by atoms with Crippen LogP contribution in [0.3, 0.4) is 0 Å². The zero-order chi connectivity index (χ0) is 19.1. The maximum Gasteiger partial charge on any atom is 0.193 e. The van der Waals surface area contributed by atoms with Crippen molar-refractivity contribution >= 4 is 29.9 Å². The first kappa shape index (κ1) is 23.3. The smallest absolute Gasteiger partial charge is 0.193 e. The van der Waals surface area contributed by atoms with Crippen LogP contribution in [0.5, 0.6) is 0 Å². The van der Waals surface area contributed by atoms with Gasteiger partial charge in [0.25, 0.3) is 0 Å². The maximum atomic E-state index is 13.8. The highest BCUT2D eigenvalue weighted by Crippen LogP contribution is 2.18. The monoisotopic (exact) mass is 506 g/mol. The molecule has 1 aromatic rings. The van der Waals surface area contributed by atoms with Crippen molar-refractivity contribution in [1.82, 2.24) is 15.1 Å². The van der Waals surface area contributed by atoms with Crippen LogP contribution in [0.4, 0.5) is 4.39 Å². The molecule has 0 aromatic heterocycles. The van der Waals surface area contributed by atoms with Crippen LogP contribution in [0.25, 0.3) is 0 Å². The number of rotatable bonds is 6. The van der Waals surface area contributed by atoms with E-state index in [0.29, 0.717) is 18.0 Å². The lowest BCUT2D eigenvalue weighted by Crippen LogP contribution is -2.42. The Morgan fingerprint density at radius 3 is 2.82 bits per heavy atom. The fraction of sp³-hybridized carbons (Fsp3) is 0.650. The van der Waals surface area contributed by atoms with E-state index in [1.54, 1.807) is 13.2 Å². The molecule has 2 aliphatic heterocycles. The summed E-state index contributed by atoms with van der Waals surface area (Å²) in [6.07, 6.45) is 1.19. The fourth-order valence-corrected chi connectivity index (χ4v) is 3.84. The third-order valence-electron chi connectivity index (χ3n) is 5.28. The van der Waals surface area contributed by atoms with Gasteiger partial charge in [-0.1, -0.05) is 6.07 Å². The first-order chi connectivity index (χ1) is 13.2. The van der Waals surface area contributed by atoms with Gasteiger partial charge < -0.3 is 19.7 Å². The van der Waals surface area contributed by atoms with E-state index in [1.165, 1.54) is 12.5 Å². The van der Waals surface area contributed by atoms with E-state index in [9.17, 15) is 4.39 Å². The fourth-order valence-electron chi connectivity index (χ4n) is 3.84. The molecule has 0 saturated carbocycles. The standard InChI is InChI=1S/C20H31FN4O2.HI/c1-22-20(23-12-16-3-4-19(21)18(11-16)15-26-2)25-6-5-17(14-25)13-24-7-9-27-10-8-24;/h3-4,11,17H,5-10,12-15H2,1-2H3,(H,22,23);1H. The van der Waals surface area contributed by atoms with E-state index in [-0.39, 0.29) is 36.4 Å². The van der Waals surface area contributed by atoms with Gasteiger partial charge in [-0.25, -0.2) is 4.39 Å². The molecule has 0 spiro atoms. The van der Waals surface area contributed by atoms with Gasteiger partial charge >= 0.3 is 0 Å². The van der Waals surface area contributed by atoms with E-state index in [0.717, 1.165) is 57.5 Å². The van der Waals surface area contributed by atoms with Crippen LogP contribution >= 0.6 is 24.0 Å². The Kier molecular flexibility index (Phi) is 9.90. The van der Waals surface area contributed by atoms with Gasteiger partial charge in [0.05, 0.1) is 19.8 Å². The third kappa shape index (κ3) is 6.53. The number of nitrogens with one attached hydrogen (secondary N) is 1. The highest BCUT2D eigenvalue weighted by molar-refractivity contribution is 14.0. The maximum absolute atomic E-state index is 13.8. The van der Waals surface area contributed by atoms with Crippen LogP contribution in [-0.2, 0) is 22.6 Å². The number of likely N-dealkylation sites (tertiary alicyclic amines) is 1. The lowest BCUT2D eigenvalue weighted by molar-refractivity contribution is 0.0315. The first-order valence-electron chi connectivity index (χ1n) is 9.71. The number of hydrogen-bond acceptors (Lipinski definition) is 4. The number of benzene rings is 1. The molecule has 2 fully saturated rings. The minimum Gasteiger partial charge on any atom is -0.380 e. The zero-order valence-corrected chi connectivity index (χ0v) is 19.2. The van der Waals surface area contributed by atoms with Crippen molar-refractivity contribution in [3.63, 3.8) is 0 Å². The van der Waals surface area contributed by atoms with Gasteiger partial charge in [0, 0.05) is 59.0 Å². The number of guanidine groups is 1. The second-order valence-electron chi connectivity index (χ2n) is 7.27. The van der Waals surface area contributed by atoms with Gasteiger partial charge in [0.15, 0.2) is 5.96 Å². The van der Waals surface area contributed by atoms with E-state index >= 15 is 0 Å². The summed E-state index contributed by atoms with van der Waals surface area (Å²) >= 11 is 0. The number of methoxy groups -OCH3 is 1. The van der Waals surface area contributed by atoms with Gasteiger partial charge in [0.2, 0.25) is 0 Å². The molecule has 0 radical (unpaired) electrons. The Balaban J connectivity index is 0.00000280. The van der Waals surface area contributed by atoms with Crippen LogP contribution in [0.2, 0.25) is 0 Å². The van der Waals surface area contributed by atoms with Crippen molar-refractivity contribution in [2.45, 2.75) is 19.6 Å². The first-order valence-corrected chi connectivity index (χ1v) is 9.71. The lowest BCUT2D eigenvalue weighted by Gasteiger charge is -2.29. The molecule has 2 heterocycles. The van der Waals surface area contributed by atoms with Gasteiger partial charge in [-0.05, 0) is 30.0 Å². The molecule has 2 aliphatic rings. The summed E-state index contributed by atoms with van der Waals surface area (Å²) in [7, 11) is 3.39. The number of hydrogen-bond donors (Lipinski definition) is 1. The highest BCUT2D eigenvalue weighted by atomic mass is 127. The summed E-state index contributed by atoms with van der Waals surface area (Å²) in [4.78, 5) is 9.27. The van der Waals surface area contributed by atoms with Crippen LogP contribution in [-0.4, -0.2) is 75.9 Å². The molecule has 28 heavy (non-hydrogen) atoms. The average Bonchev–Trinajstić information content (AvgIpc) is 3.14. The number of nitrogens with zero attached hydrogens (tertiary/aromatic N) is 3. The normalized spacial score (nSPS) is 20.9. The Labute approximate surface area is 184 Å². The number of morpholine rings is 1. The van der Waals surface area contributed by atoms with Crippen LogP contribution in [0.1, 0.15) is 17.5 Å². The molecule has 0 bridgehead atoms. The second-order valence-corrected chi connectivity index (χ2v) is 7.27.